The van der Waals surface area contributed by atoms with Crippen molar-refractivity contribution < 1.29 is 27.8 Å². The molecule has 0 aliphatic carbocycles. The summed E-state index contributed by atoms with van der Waals surface area (Å²) < 4.78 is 41.3. The molecular weight excluding hydrogens is 492 g/mol. The average molecular weight is 520 g/mol. The smallest absolute Gasteiger partial charge is 0.336 e. The number of imidazole rings is 1. The molecule has 0 saturated heterocycles. The van der Waals surface area contributed by atoms with Crippen molar-refractivity contribution in [1.82, 2.24) is 9.55 Å². The summed E-state index contributed by atoms with van der Waals surface area (Å²) in [5, 5.41) is 0. The van der Waals surface area contributed by atoms with Crippen LogP contribution in [0.5, 0.6) is 0 Å². The Morgan fingerprint density at radius 1 is 1.11 bits per heavy atom. The number of allylic oxidation sites excluding steroid dienone is 1. The van der Waals surface area contributed by atoms with Crippen LogP contribution in [-0.4, -0.2) is 40.9 Å². The highest BCUT2D eigenvalue weighted by atomic mass is 19.2. The first-order valence-electron chi connectivity index (χ1n) is 12.0. The fraction of sp³-hybridized carbons (Fsp3) is 0.241. The molecule has 2 unspecified atom stereocenters. The van der Waals surface area contributed by atoms with Crippen molar-refractivity contribution in [2.45, 2.75) is 26.3 Å². The molecule has 7 nitrogen and oxygen atoms in total. The lowest BCUT2D eigenvalue weighted by atomic mass is 9.75. The second-order valence-corrected chi connectivity index (χ2v) is 8.85. The normalized spacial score (nSPS) is 17.4. The molecule has 2 aromatic carbocycles. The number of rotatable bonds is 8. The molecule has 0 bridgehead atoms. The number of esters is 2. The van der Waals surface area contributed by atoms with Gasteiger partial charge in [0, 0.05) is 36.3 Å². The zero-order chi connectivity index (χ0) is 27.2. The van der Waals surface area contributed by atoms with E-state index in [9.17, 15) is 18.4 Å². The monoisotopic (exact) mass is 519 g/mol. The molecule has 0 amide bonds. The maximum atomic E-state index is 14.9. The maximum Gasteiger partial charge on any atom is 0.336 e. The van der Waals surface area contributed by atoms with Gasteiger partial charge in [-0.05, 0) is 42.7 Å². The molecule has 0 radical (unpaired) electrons. The van der Waals surface area contributed by atoms with Gasteiger partial charge in [0.2, 0.25) is 0 Å². The van der Waals surface area contributed by atoms with Crippen LogP contribution in [0.15, 0.2) is 83.5 Å². The van der Waals surface area contributed by atoms with Crippen LogP contribution in [0.25, 0.3) is 6.08 Å². The molecule has 3 aromatic rings. The van der Waals surface area contributed by atoms with Crippen LogP contribution in [0.2, 0.25) is 0 Å². The Bertz CT molecular complexity index is 1410. The Labute approximate surface area is 219 Å². The maximum absolute atomic E-state index is 14.9. The van der Waals surface area contributed by atoms with Crippen LogP contribution < -0.4 is 0 Å². The quantitative estimate of drug-likeness (QED) is 0.388. The number of aromatic nitrogens is 2. The molecular formula is C29H27F2N3O4. The predicted molar refractivity (Wildman–Crippen MR) is 138 cm³/mol. The zero-order valence-electron chi connectivity index (χ0n) is 21.2. The molecule has 1 aliphatic rings. The molecule has 2 atom stereocenters. The number of methoxy groups -OCH3 is 1. The third-order valence-corrected chi connectivity index (χ3v) is 6.34. The van der Waals surface area contributed by atoms with Gasteiger partial charge in [-0.25, -0.2) is 18.6 Å². The largest absolute Gasteiger partial charge is 0.468 e. The Morgan fingerprint density at radius 2 is 1.87 bits per heavy atom. The van der Waals surface area contributed by atoms with Crippen LogP contribution in [0.3, 0.4) is 0 Å². The van der Waals surface area contributed by atoms with Crippen molar-refractivity contribution in [3.63, 3.8) is 0 Å². The molecule has 0 fully saturated rings. The topological polar surface area (TPSA) is 82.8 Å². The highest BCUT2D eigenvalue weighted by molar-refractivity contribution is 6.07. The van der Waals surface area contributed by atoms with Gasteiger partial charge in [0.15, 0.2) is 11.6 Å². The fourth-order valence-corrected chi connectivity index (χ4v) is 4.54. The molecule has 2 heterocycles. The van der Waals surface area contributed by atoms with Crippen LogP contribution in [0.1, 0.15) is 36.5 Å². The van der Waals surface area contributed by atoms with Gasteiger partial charge < -0.3 is 14.0 Å². The summed E-state index contributed by atoms with van der Waals surface area (Å²) in [5.74, 6) is -5.99. The molecule has 1 aromatic heterocycles. The number of hydrogen-bond acceptors (Lipinski definition) is 6. The Hall–Kier alpha value is -4.40. The fourth-order valence-electron chi connectivity index (χ4n) is 4.54. The third-order valence-electron chi connectivity index (χ3n) is 6.34. The van der Waals surface area contributed by atoms with Crippen molar-refractivity contribution in [1.29, 1.82) is 0 Å². The molecule has 0 N–H and O–H groups in total. The molecule has 1 aliphatic heterocycles. The van der Waals surface area contributed by atoms with Crippen molar-refractivity contribution in [2.75, 3.05) is 13.7 Å². The van der Waals surface area contributed by atoms with Gasteiger partial charge in [-0.15, -0.1) is 0 Å². The first-order valence-corrected chi connectivity index (χ1v) is 12.0. The zero-order valence-corrected chi connectivity index (χ0v) is 21.2. The lowest BCUT2D eigenvalue weighted by Crippen LogP contribution is -2.36. The summed E-state index contributed by atoms with van der Waals surface area (Å²) in [6.45, 7) is 3.79. The van der Waals surface area contributed by atoms with Crippen LogP contribution >= 0.6 is 0 Å². The van der Waals surface area contributed by atoms with Crippen molar-refractivity contribution >= 4 is 23.7 Å². The van der Waals surface area contributed by atoms with E-state index in [0.717, 1.165) is 17.2 Å². The van der Waals surface area contributed by atoms with E-state index in [-0.39, 0.29) is 23.4 Å². The summed E-state index contributed by atoms with van der Waals surface area (Å²) in [4.78, 5) is 34.2. The summed E-state index contributed by atoms with van der Waals surface area (Å²) in [5.41, 5.74) is 2.45. The number of carbonyl (C=O) groups excluding carboxylic acids is 2. The van der Waals surface area contributed by atoms with Crippen LogP contribution in [0, 0.1) is 17.6 Å². The van der Waals surface area contributed by atoms with Crippen molar-refractivity contribution in [3.8, 4) is 0 Å². The first-order chi connectivity index (χ1) is 18.3. The van der Waals surface area contributed by atoms with Crippen LogP contribution in [-0.2, 0) is 25.6 Å². The Morgan fingerprint density at radius 3 is 2.55 bits per heavy atom. The summed E-state index contributed by atoms with van der Waals surface area (Å²) in [6.07, 6.45) is 8.84. The van der Waals surface area contributed by atoms with E-state index in [4.69, 9.17) is 9.47 Å². The van der Waals surface area contributed by atoms with E-state index in [0.29, 0.717) is 12.3 Å². The Balaban J connectivity index is 1.51. The standard InChI is InChI=1S/C29H27F2N3O4/c1-18-24(28(35)37-3)26(22-7-4-8-23(30)27(22)31)25(19(2)33-18)29(36)38-15-5-6-20-9-11-21(12-10-20)16-34-14-13-32-17-34/h4-14,17,24,26H,15-16H2,1-3H3. The van der Waals surface area contributed by atoms with E-state index in [2.05, 4.69) is 9.98 Å². The number of nitrogens with zero attached hydrogens (tertiary/aromatic N) is 3. The molecule has 4 rings (SSSR count). The molecule has 196 valence electrons. The van der Waals surface area contributed by atoms with Gasteiger partial charge in [-0.3, -0.25) is 9.79 Å². The average Bonchev–Trinajstić information content (AvgIpc) is 3.41. The predicted octanol–water partition coefficient (Wildman–Crippen LogP) is 5.09. The lowest BCUT2D eigenvalue weighted by molar-refractivity contribution is -0.144. The Kier molecular flexibility index (Phi) is 8.25. The summed E-state index contributed by atoms with van der Waals surface area (Å²) in [6, 6.07) is 11.5. The number of carbonyl (C=O) groups is 2. The van der Waals surface area contributed by atoms with E-state index in [1.807, 2.05) is 35.0 Å². The minimum absolute atomic E-state index is 0.0206. The SMILES string of the molecule is COC(=O)C1C(C)=NC(C)=C(C(=O)OCC=Cc2ccc(Cn3ccnc3)cc2)C1c1cccc(F)c1F. The molecule has 0 saturated carbocycles. The van der Waals surface area contributed by atoms with E-state index >= 15 is 0 Å². The molecule has 0 spiro atoms. The minimum atomic E-state index is -1.16. The highest BCUT2D eigenvalue weighted by Gasteiger charge is 2.43. The van der Waals surface area contributed by atoms with Crippen LogP contribution in [0.4, 0.5) is 8.78 Å². The number of hydrogen-bond donors (Lipinski definition) is 0. The number of ether oxygens (including phenoxy) is 2. The van der Waals surface area contributed by atoms with Gasteiger partial charge in [0.25, 0.3) is 0 Å². The van der Waals surface area contributed by atoms with Gasteiger partial charge in [-0.1, -0.05) is 42.5 Å². The third kappa shape index (κ3) is 5.77. The number of aliphatic imine (C=N–C) groups is 1. The van der Waals surface area contributed by atoms with Gasteiger partial charge in [-0.2, -0.15) is 0 Å². The minimum Gasteiger partial charge on any atom is -0.468 e. The second kappa shape index (κ2) is 11.8. The van der Waals surface area contributed by atoms with Gasteiger partial charge in [0.05, 0.1) is 19.0 Å². The highest BCUT2D eigenvalue weighted by Crippen LogP contribution is 2.41. The lowest BCUT2D eigenvalue weighted by Gasteiger charge is -2.31. The molecule has 9 heteroatoms. The van der Waals surface area contributed by atoms with Crippen molar-refractivity contribution in [2.24, 2.45) is 10.9 Å². The number of benzene rings is 2. The summed E-state index contributed by atoms with van der Waals surface area (Å²) >= 11 is 0. The second-order valence-electron chi connectivity index (χ2n) is 8.85. The van der Waals surface area contributed by atoms with Gasteiger partial charge >= 0.3 is 11.9 Å². The van der Waals surface area contributed by atoms with E-state index in [1.54, 1.807) is 38.5 Å². The van der Waals surface area contributed by atoms with E-state index in [1.165, 1.54) is 19.2 Å². The first kappa shape index (κ1) is 26.7. The van der Waals surface area contributed by atoms with E-state index < -0.39 is 35.4 Å². The molecule has 38 heavy (non-hydrogen) atoms. The van der Waals surface area contributed by atoms with Crippen molar-refractivity contribution in [3.05, 3.63) is 107 Å². The van der Waals surface area contributed by atoms with Gasteiger partial charge in [0.1, 0.15) is 12.5 Å². The number of halogens is 2. The summed E-state index contributed by atoms with van der Waals surface area (Å²) in [7, 11) is 1.19.